The van der Waals surface area contributed by atoms with Gasteiger partial charge in [0.25, 0.3) is 0 Å². The molecule has 0 bridgehead atoms. The van der Waals surface area contributed by atoms with Gasteiger partial charge in [-0.05, 0) is 6.92 Å². The molecule has 1 rings (SSSR count). The molecule has 0 saturated heterocycles. The van der Waals surface area contributed by atoms with Crippen LogP contribution in [0, 0.1) is 6.92 Å². The van der Waals surface area contributed by atoms with Crippen molar-refractivity contribution >= 4 is 0 Å². The molecule has 1 aromatic heterocycles. The molecule has 48 valence electrons. The molecule has 0 aliphatic carbocycles. The molecule has 0 amide bonds. The Labute approximate surface area is 53.4 Å². The lowest BCUT2D eigenvalue weighted by Gasteiger charge is -1.95. The van der Waals surface area contributed by atoms with Crippen LogP contribution in [0.25, 0.3) is 0 Å². The van der Waals surface area contributed by atoms with Crippen LogP contribution in [-0.2, 0) is 6.61 Å². The lowest BCUT2D eigenvalue weighted by atomic mass is 10.3. The topological polar surface area (TPSA) is 46.0 Å². The van der Waals surface area contributed by atoms with Crippen molar-refractivity contribution < 1.29 is 5.11 Å². The van der Waals surface area contributed by atoms with Gasteiger partial charge in [0.1, 0.15) is 0 Å². The Balaban J connectivity index is 3.01. The van der Waals surface area contributed by atoms with Gasteiger partial charge in [-0.2, -0.15) is 0 Å². The van der Waals surface area contributed by atoms with E-state index in [0.717, 1.165) is 5.69 Å². The zero-order chi connectivity index (χ0) is 6.69. The third kappa shape index (κ3) is 1.23. The molecular formula is C6H8N2O. The fraction of sp³-hybridized carbons (Fsp3) is 0.333. The van der Waals surface area contributed by atoms with Crippen LogP contribution >= 0.6 is 0 Å². The Morgan fingerprint density at radius 3 is 2.56 bits per heavy atom. The van der Waals surface area contributed by atoms with Gasteiger partial charge < -0.3 is 5.11 Å². The summed E-state index contributed by atoms with van der Waals surface area (Å²) in [5.41, 5.74) is 1.44. The van der Waals surface area contributed by atoms with Crippen molar-refractivity contribution in [1.29, 1.82) is 0 Å². The number of rotatable bonds is 1. The number of aliphatic hydroxyl groups excluding tert-OH is 1. The van der Waals surface area contributed by atoms with E-state index >= 15 is 0 Å². The standard InChI is InChI=1S/C6H8N2O/c1-5-6(4-9)8-3-2-7-5/h2-3,9H,4H2,1H3. The van der Waals surface area contributed by atoms with Crippen LogP contribution < -0.4 is 0 Å². The smallest absolute Gasteiger partial charge is 0.0871 e. The molecular weight excluding hydrogens is 116 g/mol. The predicted molar refractivity (Wildman–Crippen MR) is 32.7 cm³/mol. The summed E-state index contributed by atoms with van der Waals surface area (Å²) >= 11 is 0. The molecule has 3 heteroatoms. The second-order valence-electron chi connectivity index (χ2n) is 1.75. The molecule has 0 fully saturated rings. The van der Waals surface area contributed by atoms with Gasteiger partial charge >= 0.3 is 0 Å². The predicted octanol–water partition coefficient (Wildman–Crippen LogP) is 0.277. The molecule has 0 radical (unpaired) electrons. The van der Waals surface area contributed by atoms with Crippen LogP contribution in [0.15, 0.2) is 12.4 Å². The second-order valence-corrected chi connectivity index (χ2v) is 1.75. The fourth-order valence-corrected chi connectivity index (χ4v) is 0.592. The van der Waals surface area contributed by atoms with Crippen LogP contribution in [0.3, 0.4) is 0 Å². The van der Waals surface area contributed by atoms with E-state index in [1.54, 1.807) is 12.4 Å². The van der Waals surface area contributed by atoms with Crippen molar-refractivity contribution in [3.8, 4) is 0 Å². The summed E-state index contributed by atoms with van der Waals surface area (Å²) in [6, 6.07) is 0. The highest BCUT2D eigenvalue weighted by Crippen LogP contribution is 1.96. The highest BCUT2D eigenvalue weighted by molar-refractivity contribution is 5.06. The van der Waals surface area contributed by atoms with E-state index in [1.165, 1.54) is 0 Å². The highest BCUT2D eigenvalue weighted by atomic mass is 16.3. The first-order valence-corrected chi connectivity index (χ1v) is 2.72. The van der Waals surface area contributed by atoms with E-state index < -0.39 is 0 Å². The Bertz CT molecular complexity index is 200. The SMILES string of the molecule is Cc1nccnc1CO. The molecule has 0 aliphatic heterocycles. The lowest BCUT2D eigenvalue weighted by Crippen LogP contribution is -1.94. The second kappa shape index (κ2) is 2.55. The van der Waals surface area contributed by atoms with Gasteiger partial charge in [-0.15, -0.1) is 0 Å². The minimum atomic E-state index is -0.0281. The Kier molecular flexibility index (Phi) is 1.75. The third-order valence-electron chi connectivity index (χ3n) is 1.13. The zero-order valence-electron chi connectivity index (χ0n) is 5.20. The Hall–Kier alpha value is -0.960. The Morgan fingerprint density at radius 1 is 1.44 bits per heavy atom. The molecule has 3 nitrogen and oxygen atoms in total. The van der Waals surface area contributed by atoms with Gasteiger partial charge in [0, 0.05) is 12.4 Å². The minimum Gasteiger partial charge on any atom is -0.390 e. The zero-order valence-corrected chi connectivity index (χ0v) is 5.20. The molecule has 0 aromatic carbocycles. The molecule has 0 unspecified atom stereocenters. The van der Waals surface area contributed by atoms with E-state index in [4.69, 9.17) is 5.11 Å². The summed E-state index contributed by atoms with van der Waals surface area (Å²) < 4.78 is 0. The van der Waals surface area contributed by atoms with Crippen LogP contribution in [0.4, 0.5) is 0 Å². The van der Waals surface area contributed by atoms with Crippen molar-refractivity contribution in [3.05, 3.63) is 23.8 Å². The molecule has 0 aliphatic rings. The molecule has 0 saturated carbocycles. The maximum absolute atomic E-state index is 8.62. The van der Waals surface area contributed by atoms with Crippen molar-refractivity contribution in [2.45, 2.75) is 13.5 Å². The summed E-state index contributed by atoms with van der Waals surface area (Å²) in [6.45, 7) is 1.79. The first kappa shape index (κ1) is 6.16. The number of aryl methyl sites for hydroxylation is 1. The third-order valence-corrected chi connectivity index (χ3v) is 1.13. The molecule has 1 heterocycles. The Morgan fingerprint density at radius 2 is 2.11 bits per heavy atom. The first-order chi connectivity index (χ1) is 4.34. The normalized spacial score (nSPS) is 9.56. The molecule has 9 heavy (non-hydrogen) atoms. The van der Waals surface area contributed by atoms with E-state index in [9.17, 15) is 0 Å². The number of aromatic nitrogens is 2. The summed E-state index contributed by atoms with van der Waals surface area (Å²) in [6.07, 6.45) is 3.17. The van der Waals surface area contributed by atoms with E-state index in [0.29, 0.717) is 5.69 Å². The monoisotopic (exact) mass is 124 g/mol. The van der Waals surface area contributed by atoms with Crippen LogP contribution in [0.5, 0.6) is 0 Å². The number of hydrogen-bond acceptors (Lipinski definition) is 3. The maximum Gasteiger partial charge on any atom is 0.0871 e. The van der Waals surface area contributed by atoms with E-state index in [1.807, 2.05) is 6.92 Å². The quantitative estimate of drug-likeness (QED) is 0.584. The molecule has 0 atom stereocenters. The van der Waals surface area contributed by atoms with Gasteiger partial charge in [-0.1, -0.05) is 0 Å². The summed E-state index contributed by atoms with van der Waals surface area (Å²) in [5, 5.41) is 8.62. The average Bonchev–Trinajstić information content (AvgIpc) is 1.89. The van der Waals surface area contributed by atoms with Crippen molar-refractivity contribution in [2.75, 3.05) is 0 Å². The summed E-state index contributed by atoms with van der Waals surface area (Å²) in [4.78, 5) is 7.81. The average molecular weight is 124 g/mol. The van der Waals surface area contributed by atoms with Crippen molar-refractivity contribution in [1.82, 2.24) is 9.97 Å². The van der Waals surface area contributed by atoms with Gasteiger partial charge in [0.05, 0.1) is 18.0 Å². The molecule has 0 spiro atoms. The largest absolute Gasteiger partial charge is 0.390 e. The van der Waals surface area contributed by atoms with Crippen molar-refractivity contribution in [2.24, 2.45) is 0 Å². The number of nitrogens with zero attached hydrogens (tertiary/aromatic N) is 2. The molecule has 1 aromatic rings. The van der Waals surface area contributed by atoms with Crippen molar-refractivity contribution in [3.63, 3.8) is 0 Å². The van der Waals surface area contributed by atoms with Gasteiger partial charge in [0.2, 0.25) is 0 Å². The molecule has 1 N–H and O–H groups in total. The number of hydrogen-bond donors (Lipinski definition) is 1. The number of aliphatic hydroxyl groups is 1. The van der Waals surface area contributed by atoms with Crippen LogP contribution in [-0.4, -0.2) is 15.1 Å². The van der Waals surface area contributed by atoms with Gasteiger partial charge in [-0.25, -0.2) is 0 Å². The van der Waals surface area contributed by atoms with Gasteiger partial charge in [0.15, 0.2) is 0 Å². The van der Waals surface area contributed by atoms with Gasteiger partial charge in [-0.3, -0.25) is 9.97 Å². The van der Waals surface area contributed by atoms with E-state index in [-0.39, 0.29) is 6.61 Å². The van der Waals surface area contributed by atoms with Crippen LogP contribution in [0.2, 0.25) is 0 Å². The van der Waals surface area contributed by atoms with E-state index in [2.05, 4.69) is 9.97 Å². The lowest BCUT2D eigenvalue weighted by molar-refractivity contribution is 0.275. The summed E-state index contributed by atoms with van der Waals surface area (Å²) in [7, 11) is 0. The summed E-state index contributed by atoms with van der Waals surface area (Å²) in [5.74, 6) is 0. The maximum atomic E-state index is 8.62. The minimum absolute atomic E-state index is 0.0281. The fourth-order valence-electron chi connectivity index (χ4n) is 0.592. The highest BCUT2D eigenvalue weighted by Gasteiger charge is 1.94. The first-order valence-electron chi connectivity index (χ1n) is 2.72. The van der Waals surface area contributed by atoms with Crippen LogP contribution in [0.1, 0.15) is 11.4 Å².